The van der Waals surface area contributed by atoms with Crippen molar-refractivity contribution >= 4 is 5.91 Å². The zero-order valence-electron chi connectivity index (χ0n) is 16.6. The van der Waals surface area contributed by atoms with Gasteiger partial charge in [0.25, 0.3) is 5.91 Å². The van der Waals surface area contributed by atoms with Crippen LogP contribution < -0.4 is 5.32 Å². The third-order valence-corrected chi connectivity index (χ3v) is 5.72. The van der Waals surface area contributed by atoms with Gasteiger partial charge in [0.15, 0.2) is 0 Å². The number of fused-ring (bicyclic) bond motifs is 1. The monoisotopic (exact) mass is 427 g/mol. The third-order valence-electron chi connectivity index (χ3n) is 5.72. The molecule has 1 fully saturated rings. The van der Waals surface area contributed by atoms with Crippen molar-refractivity contribution in [1.82, 2.24) is 25.1 Å². The molecule has 0 radical (unpaired) electrons. The minimum absolute atomic E-state index is 0.0908. The molecule has 6 nitrogen and oxygen atoms in total. The lowest BCUT2D eigenvalue weighted by Crippen LogP contribution is -2.32. The van der Waals surface area contributed by atoms with Gasteiger partial charge < -0.3 is 5.32 Å². The minimum atomic E-state index is -4.53. The van der Waals surface area contributed by atoms with E-state index in [-0.39, 0.29) is 11.6 Å². The second-order valence-corrected chi connectivity index (χ2v) is 8.02. The maximum atomic E-state index is 12.7. The molecule has 1 aliphatic heterocycles. The normalized spacial score (nSPS) is 18.5. The van der Waals surface area contributed by atoms with E-state index < -0.39 is 17.8 Å². The van der Waals surface area contributed by atoms with Crippen molar-refractivity contribution in [2.45, 2.75) is 50.4 Å². The van der Waals surface area contributed by atoms with Crippen LogP contribution in [0.15, 0.2) is 42.7 Å². The van der Waals surface area contributed by atoms with Crippen LogP contribution in [0, 0.1) is 0 Å². The molecule has 1 amide bonds. The number of hydrogen-bond acceptors (Lipinski definition) is 4. The summed E-state index contributed by atoms with van der Waals surface area (Å²) >= 11 is 0. The Hall–Kier alpha value is -3.23. The highest BCUT2D eigenvalue weighted by Gasteiger charge is 2.32. The standard InChI is InChI=1S/C22H20F3N5O/c23-22(24,25)20-6-5-15(12-27-20)21(31)28-16-2-1-9-30-19(16)11-18(29-30)14-7-8-26-17(10-14)13-3-4-13/h5-8,10-13,16H,1-4,9H2,(H,28,31)/t16-/m0/s1. The molecular formula is C22H20F3N5O. The van der Waals surface area contributed by atoms with Gasteiger partial charge in [-0.15, -0.1) is 0 Å². The van der Waals surface area contributed by atoms with E-state index in [4.69, 9.17) is 5.10 Å². The minimum Gasteiger partial charge on any atom is -0.344 e. The van der Waals surface area contributed by atoms with Crippen LogP contribution in [0.25, 0.3) is 11.3 Å². The topological polar surface area (TPSA) is 72.7 Å². The summed E-state index contributed by atoms with van der Waals surface area (Å²) in [5.74, 6) is 0.0870. The number of alkyl halides is 3. The Morgan fingerprint density at radius 2 is 1.94 bits per heavy atom. The number of halogens is 3. The van der Waals surface area contributed by atoms with Crippen molar-refractivity contribution in [3.8, 4) is 11.3 Å². The Morgan fingerprint density at radius 1 is 1.10 bits per heavy atom. The van der Waals surface area contributed by atoms with E-state index in [0.29, 0.717) is 5.92 Å². The van der Waals surface area contributed by atoms with Gasteiger partial charge in [-0.3, -0.25) is 19.4 Å². The van der Waals surface area contributed by atoms with Crippen LogP contribution in [0.2, 0.25) is 0 Å². The molecule has 3 aromatic heterocycles. The Kier molecular flexibility index (Phi) is 4.75. The summed E-state index contributed by atoms with van der Waals surface area (Å²) in [6.07, 6.45) is 2.14. The molecule has 4 heterocycles. The van der Waals surface area contributed by atoms with Crippen LogP contribution in [0.4, 0.5) is 13.2 Å². The lowest BCUT2D eigenvalue weighted by Gasteiger charge is -2.24. The molecule has 0 unspecified atom stereocenters. The van der Waals surface area contributed by atoms with Gasteiger partial charge >= 0.3 is 6.18 Å². The number of carbonyl (C=O) groups excluding carboxylic acids is 1. The predicted octanol–water partition coefficient (Wildman–Crippen LogP) is 4.50. The summed E-state index contributed by atoms with van der Waals surface area (Å²) in [6, 6.07) is 7.68. The summed E-state index contributed by atoms with van der Waals surface area (Å²) in [5.41, 5.74) is 2.87. The molecule has 160 valence electrons. The van der Waals surface area contributed by atoms with Gasteiger partial charge in [0, 0.05) is 36.1 Å². The molecule has 0 aromatic carbocycles. The van der Waals surface area contributed by atoms with Gasteiger partial charge in [-0.25, -0.2) is 0 Å². The lowest BCUT2D eigenvalue weighted by molar-refractivity contribution is -0.141. The van der Waals surface area contributed by atoms with E-state index in [1.54, 1.807) is 6.20 Å². The van der Waals surface area contributed by atoms with Crippen LogP contribution in [-0.2, 0) is 12.7 Å². The van der Waals surface area contributed by atoms with Crippen molar-refractivity contribution in [2.24, 2.45) is 0 Å². The molecule has 0 spiro atoms. The van der Waals surface area contributed by atoms with E-state index in [9.17, 15) is 18.0 Å². The first-order valence-electron chi connectivity index (χ1n) is 10.3. The number of pyridine rings is 2. The van der Waals surface area contributed by atoms with Crippen molar-refractivity contribution in [3.63, 3.8) is 0 Å². The van der Waals surface area contributed by atoms with E-state index in [0.717, 1.165) is 60.4 Å². The molecule has 0 bridgehead atoms. The summed E-state index contributed by atoms with van der Waals surface area (Å²) in [6.45, 7) is 0.754. The Bertz CT molecular complexity index is 1120. The first-order chi connectivity index (χ1) is 14.9. The van der Waals surface area contributed by atoms with E-state index in [2.05, 4.69) is 21.4 Å². The summed E-state index contributed by atoms with van der Waals surface area (Å²) in [7, 11) is 0. The SMILES string of the molecule is O=C(N[C@H]1CCCn2nc(-c3ccnc(C4CC4)c3)cc21)c1ccc(C(F)(F)F)nc1. The molecule has 3 aromatic rings. The summed E-state index contributed by atoms with van der Waals surface area (Å²) in [5, 5.41) is 7.63. The molecule has 1 N–H and O–H groups in total. The molecule has 9 heteroatoms. The van der Waals surface area contributed by atoms with Gasteiger partial charge in [-0.1, -0.05) is 0 Å². The zero-order valence-corrected chi connectivity index (χ0v) is 16.6. The van der Waals surface area contributed by atoms with Gasteiger partial charge in [0.05, 0.1) is 23.0 Å². The first kappa shape index (κ1) is 19.7. The zero-order chi connectivity index (χ0) is 21.6. The number of amides is 1. The van der Waals surface area contributed by atoms with Gasteiger partial charge in [-0.2, -0.15) is 18.3 Å². The Balaban J connectivity index is 1.35. The molecule has 31 heavy (non-hydrogen) atoms. The number of aryl methyl sites for hydroxylation is 1. The maximum Gasteiger partial charge on any atom is 0.433 e. The summed E-state index contributed by atoms with van der Waals surface area (Å²) in [4.78, 5) is 20.4. The number of carbonyl (C=O) groups is 1. The predicted molar refractivity (Wildman–Crippen MR) is 106 cm³/mol. The molecule has 5 rings (SSSR count). The average molecular weight is 427 g/mol. The van der Waals surface area contributed by atoms with Crippen LogP contribution in [-0.4, -0.2) is 25.7 Å². The summed E-state index contributed by atoms with van der Waals surface area (Å²) < 4.78 is 40.0. The van der Waals surface area contributed by atoms with E-state index in [1.165, 1.54) is 12.8 Å². The third kappa shape index (κ3) is 4.04. The molecule has 0 saturated heterocycles. The van der Waals surface area contributed by atoms with E-state index in [1.807, 2.05) is 16.8 Å². The van der Waals surface area contributed by atoms with Crippen molar-refractivity contribution in [3.05, 3.63) is 65.4 Å². The van der Waals surface area contributed by atoms with Crippen LogP contribution >= 0.6 is 0 Å². The lowest BCUT2D eigenvalue weighted by atomic mass is 10.0. The Labute approximate surface area is 176 Å². The van der Waals surface area contributed by atoms with Crippen molar-refractivity contribution in [2.75, 3.05) is 0 Å². The van der Waals surface area contributed by atoms with Crippen LogP contribution in [0.1, 0.15) is 65.1 Å². The molecular weight excluding hydrogens is 407 g/mol. The van der Waals surface area contributed by atoms with Gasteiger partial charge in [0.1, 0.15) is 5.69 Å². The Morgan fingerprint density at radius 3 is 2.65 bits per heavy atom. The second kappa shape index (κ2) is 7.47. The van der Waals surface area contributed by atoms with Gasteiger partial charge in [-0.05, 0) is 56.0 Å². The maximum absolute atomic E-state index is 12.7. The fourth-order valence-corrected chi connectivity index (χ4v) is 3.92. The number of hydrogen-bond donors (Lipinski definition) is 1. The fourth-order valence-electron chi connectivity index (χ4n) is 3.92. The average Bonchev–Trinajstić information content (AvgIpc) is 3.52. The largest absolute Gasteiger partial charge is 0.433 e. The van der Waals surface area contributed by atoms with E-state index >= 15 is 0 Å². The van der Waals surface area contributed by atoms with Gasteiger partial charge in [0.2, 0.25) is 0 Å². The number of aromatic nitrogens is 4. The van der Waals surface area contributed by atoms with Crippen LogP contribution in [0.5, 0.6) is 0 Å². The smallest absolute Gasteiger partial charge is 0.344 e. The quantitative estimate of drug-likeness (QED) is 0.665. The highest BCUT2D eigenvalue weighted by Crippen LogP contribution is 2.40. The highest BCUT2D eigenvalue weighted by molar-refractivity contribution is 5.94. The van der Waals surface area contributed by atoms with Crippen molar-refractivity contribution < 1.29 is 18.0 Å². The number of rotatable bonds is 4. The number of nitrogens with one attached hydrogen (secondary N) is 1. The van der Waals surface area contributed by atoms with Crippen molar-refractivity contribution in [1.29, 1.82) is 0 Å². The molecule has 1 aliphatic carbocycles. The fraction of sp³-hybridized carbons (Fsp3) is 0.364. The molecule has 1 saturated carbocycles. The highest BCUT2D eigenvalue weighted by atomic mass is 19.4. The number of nitrogens with zero attached hydrogens (tertiary/aromatic N) is 4. The van der Waals surface area contributed by atoms with Crippen LogP contribution in [0.3, 0.4) is 0 Å². The first-order valence-corrected chi connectivity index (χ1v) is 10.3. The molecule has 1 atom stereocenters. The molecule has 2 aliphatic rings. The second-order valence-electron chi connectivity index (χ2n) is 8.02.